The van der Waals surface area contributed by atoms with E-state index in [1.807, 2.05) is 43.5 Å². The van der Waals surface area contributed by atoms with Gasteiger partial charge >= 0.3 is 0 Å². The molecule has 2 aromatic carbocycles. The van der Waals surface area contributed by atoms with Crippen LogP contribution in [0.3, 0.4) is 0 Å². The summed E-state index contributed by atoms with van der Waals surface area (Å²) in [5, 5.41) is 12.3. The second-order valence-corrected chi connectivity index (χ2v) is 6.95. The van der Waals surface area contributed by atoms with Crippen molar-refractivity contribution in [2.75, 3.05) is 17.2 Å². The van der Waals surface area contributed by atoms with Crippen molar-refractivity contribution in [2.45, 2.75) is 13.5 Å². The molecule has 2 N–H and O–H groups in total. The van der Waals surface area contributed by atoms with Gasteiger partial charge in [-0.05, 0) is 61.1 Å². The lowest BCUT2D eigenvalue weighted by molar-refractivity contribution is 0.340. The quantitative estimate of drug-likeness (QED) is 0.519. The topological polar surface area (TPSA) is 51.1 Å². The van der Waals surface area contributed by atoms with Crippen molar-refractivity contribution in [3.8, 4) is 5.75 Å². The Morgan fingerprint density at radius 3 is 2.56 bits per heavy atom. The molecule has 1 heterocycles. The Hall–Kier alpha value is -2.28. The minimum atomic E-state index is 0.475. The summed E-state index contributed by atoms with van der Waals surface area (Å²) in [4.78, 5) is 0. The van der Waals surface area contributed by atoms with Gasteiger partial charge in [0, 0.05) is 21.9 Å². The van der Waals surface area contributed by atoms with E-state index in [1.165, 1.54) is 0 Å². The van der Waals surface area contributed by atoms with Crippen molar-refractivity contribution in [1.29, 1.82) is 0 Å². The Kier molecular flexibility index (Phi) is 6.55. The molecule has 27 heavy (non-hydrogen) atoms. The first-order valence-corrected chi connectivity index (χ1v) is 9.47. The Balaban J connectivity index is 1.57. The maximum Gasteiger partial charge on any atom is 0.175 e. The Bertz CT molecular complexity index is 928. The van der Waals surface area contributed by atoms with Gasteiger partial charge in [0.2, 0.25) is 0 Å². The lowest BCUT2D eigenvalue weighted by Crippen LogP contribution is -2.18. The molecule has 0 fully saturated rings. The summed E-state index contributed by atoms with van der Waals surface area (Å²) in [5.74, 6) is 0.823. The van der Waals surface area contributed by atoms with E-state index in [4.69, 9.17) is 40.2 Å². The van der Waals surface area contributed by atoms with Crippen molar-refractivity contribution in [2.24, 2.45) is 0 Å². The molecule has 0 radical (unpaired) electrons. The fourth-order valence-corrected chi connectivity index (χ4v) is 3.14. The predicted octanol–water partition coefficient (Wildman–Crippen LogP) is 5.45. The predicted molar refractivity (Wildman–Crippen MR) is 115 cm³/mol. The maximum atomic E-state index is 6.21. The van der Waals surface area contributed by atoms with Crippen LogP contribution < -0.4 is 15.4 Å². The largest absolute Gasteiger partial charge is 0.494 e. The highest BCUT2D eigenvalue weighted by molar-refractivity contribution is 7.80. The summed E-state index contributed by atoms with van der Waals surface area (Å²) in [5.41, 5.74) is 2.59. The van der Waals surface area contributed by atoms with Crippen LogP contribution in [0, 0.1) is 0 Å². The van der Waals surface area contributed by atoms with Crippen molar-refractivity contribution in [1.82, 2.24) is 9.78 Å². The smallest absolute Gasteiger partial charge is 0.175 e. The fraction of sp³-hybridized carbons (Fsp3) is 0.158. The number of anilines is 2. The first-order chi connectivity index (χ1) is 13.0. The summed E-state index contributed by atoms with van der Waals surface area (Å²) < 4.78 is 7.20. The van der Waals surface area contributed by atoms with Crippen LogP contribution in [0.2, 0.25) is 10.0 Å². The Morgan fingerprint density at radius 2 is 1.85 bits per heavy atom. The normalized spacial score (nSPS) is 10.5. The first-order valence-electron chi connectivity index (χ1n) is 8.30. The number of nitrogens with one attached hydrogen (secondary N) is 2. The number of halogens is 2. The third-order valence-electron chi connectivity index (χ3n) is 3.66. The van der Waals surface area contributed by atoms with Crippen LogP contribution in [0.1, 0.15) is 12.5 Å². The molecule has 8 heteroatoms. The molecule has 1 aromatic heterocycles. The average Bonchev–Trinajstić information content (AvgIpc) is 3.06. The summed E-state index contributed by atoms with van der Waals surface area (Å²) in [6, 6.07) is 13.0. The minimum absolute atomic E-state index is 0.475. The van der Waals surface area contributed by atoms with Crippen molar-refractivity contribution < 1.29 is 4.74 Å². The van der Waals surface area contributed by atoms with Crippen LogP contribution >= 0.6 is 35.4 Å². The molecule has 140 valence electrons. The van der Waals surface area contributed by atoms with E-state index < -0.39 is 0 Å². The van der Waals surface area contributed by atoms with Crippen LogP contribution in [0.15, 0.2) is 54.9 Å². The molecular weight excluding hydrogens is 403 g/mol. The van der Waals surface area contributed by atoms with Crippen molar-refractivity contribution in [3.05, 3.63) is 70.5 Å². The zero-order valence-electron chi connectivity index (χ0n) is 14.6. The summed E-state index contributed by atoms with van der Waals surface area (Å²) >= 11 is 17.5. The van der Waals surface area contributed by atoms with Gasteiger partial charge in [0.05, 0.1) is 25.0 Å². The lowest BCUT2D eigenvalue weighted by Gasteiger charge is -2.10. The van der Waals surface area contributed by atoms with Crippen molar-refractivity contribution >= 4 is 51.9 Å². The van der Waals surface area contributed by atoms with Gasteiger partial charge in [0.25, 0.3) is 0 Å². The molecule has 0 saturated carbocycles. The van der Waals surface area contributed by atoms with Crippen LogP contribution in [-0.4, -0.2) is 21.5 Å². The van der Waals surface area contributed by atoms with Gasteiger partial charge in [0.15, 0.2) is 5.11 Å². The minimum Gasteiger partial charge on any atom is -0.494 e. The number of rotatable bonds is 6. The highest BCUT2D eigenvalue weighted by atomic mass is 35.5. The van der Waals surface area contributed by atoms with Gasteiger partial charge < -0.3 is 15.4 Å². The molecule has 0 unspecified atom stereocenters. The number of hydrogen-bond donors (Lipinski definition) is 2. The Labute approximate surface area is 173 Å². The molecule has 5 nitrogen and oxygen atoms in total. The fourth-order valence-electron chi connectivity index (χ4n) is 2.43. The monoisotopic (exact) mass is 420 g/mol. The van der Waals surface area contributed by atoms with Gasteiger partial charge in [-0.3, -0.25) is 4.68 Å². The third-order valence-corrected chi connectivity index (χ3v) is 4.45. The van der Waals surface area contributed by atoms with Gasteiger partial charge in [0.1, 0.15) is 5.75 Å². The van der Waals surface area contributed by atoms with E-state index in [1.54, 1.807) is 23.0 Å². The summed E-state index contributed by atoms with van der Waals surface area (Å²) in [6.45, 7) is 3.13. The van der Waals surface area contributed by atoms with Crippen LogP contribution in [-0.2, 0) is 6.54 Å². The SMILES string of the molecule is CCOc1ccc(NC(=S)Nc2cnn(Cc3ccc(Cl)cc3Cl)c2)cc1. The van der Waals surface area contributed by atoms with E-state index in [2.05, 4.69) is 15.7 Å². The highest BCUT2D eigenvalue weighted by Gasteiger charge is 2.06. The second-order valence-electron chi connectivity index (χ2n) is 5.70. The standard InChI is InChI=1S/C19H18Cl2N4OS/c1-2-26-17-7-5-15(6-8-17)23-19(27)24-16-10-22-25(12-16)11-13-3-4-14(20)9-18(13)21/h3-10,12H,2,11H2,1H3,(H2,23,24,27). The molecule has 0 bridgehead atoms. The van der Waals surface area contributed by atoms with E-state index in [0.717, 1.165) is 22.7 Å². The number of benzene rings is 2. The number of ether oxygens (including phenoxy) is 1. The number of aromatic nitrogens is 2. The van der Waals surface area contributed by atoms with Gasteiger partial charge in [-0.15, -0.1) is 0 Å². The number of nitrogens with zero attached hydrogens (tertiary/aromatic N) is 2. The molecule has 3 rings (SSSR count). The van der Waals surface area contributed by atoms with E-state index in [9.17, 15) is 0 Å². The third kappa shape index (κ3) is 5.60. The highest BCUT2D eigenvalue weighted by Crippen LogP contribution is 2.22. The van der Waals surface area contributed by atoms with Gasteiger partial charge in [-0.25, -0.2) is 0 Å². The molecule has 0 amide bonds. The number of hydrogen-bond acceptors (Lipinski definition) is 3. The molecule has 0 aliphatic carbocycles. The van der Waals surface area contributed by atoms with Crippen LogP contribution in [0.4, 0.5) is 11.4 Å². The molecule has 0 atom stereocenters. The van der Waals surface area contributed by atoms with E-state index in [0.29, 0.717) is 28.3 Å². The zero-order valence-corrected chi connectivity index (χ0v) is 16.9. The maximum absolute atomic E-state index is 6.21. The average molecular weight is 421 g/mol. The Morgan fingerprint density at radius 1 is 1.11 bits per heavy atom. The molecule has 3 aromatic rings. The first kappa shape index (κ1) is 19.5. The molecule has 0 spiro atoms. The lowest BCUT2D eigenvalue weighted by atomic mass is 10.2. The molecule has 0 saturated heterocycles. The van der Waals surface area contributed by atoms with Gasteiger partial charge in [-0.1, -0.05) is 29.3 Å². The van der Waals surface area contributed by atoms with Crippen LogP contribution in [0.5, 0.6) is 5.75 Å². The molecular formula is C19H18Cl2N4OS. The zero-order chi connectivity index (χ0) is 19.2. The summed E-state index contributed by atoms with van der Waals surface area (Å²) in [7, 11) is 0. The summed E-state index contributed by atoms with van der Waals surface area (Å²) in [6.07, 6.45) is 3.56. The molecule has 0 aliphatic heterocycles. The van der Waals surface area contributed by atoms with E-state index in [-0.39, 0.29) is 0 Å². The van der Waals surface area contributed by atoms with E-state index >= 15 is 0 Å². The van der Waals surface area contributed by atoms with Crippen LogP contribution in [0.25, 0.3) is 0 Å². The second kappa shape index (κ2) is 9.08. The molecule has 0 aliphatic rings. The van der Waals surface area contributed by atoms with Gasteiger partial charge in [-0.2, -0.15) is 5.10 Å². The van der Waals surface area contributed by atoms with Crippen molar-refractivity contribution in [3.63, 3.8) is 0 Å². The number of thiocarbonyl (C=S) groups is 1.